The summed E-state index contributed by atoms with van der Waals surface area (Å²) in [7, 11) is 0. The number of aromatic nitrogens is 2. The van der Waals surface area contributed by atoms with E-state index in [1.54, 1.807) is 6.07 Å². The van der Waals surface area contributed by atoms with E-state index in [1.807, 2.05) is 42.5 Å². The summed E-state index contributed by atoms with van der Waals surface area (Å²) in [5.41, 5.74) is 1.37. The summed E-state index contributed by atoms with van der Waals surface area (Å²) in [5.74, 6) is -0.175. The number of carboxylic acids is 1. The first kappa shape index (κ1) is 15.1. The molecule has 0 saturated carbocycles. The van der Waals surface area contributed by atoms with Crippen LogP contribution in [0.5, 0.6) is 0 Å². The first-order chi connectivity index (χ1) is 11.1. The zero-order valence-corrected chi connectivity index (χ0v) is 12.7. The number of hydrogen-bond acceptors (Lipinski definition) is 5. The molecule has 0 aliphatic rings. The summed E-state index contributed by atoms with van der Waals surface area (Å²) in [6.07, 6.45) is 0. The van der Waals surface area contributed by atoms with E-state index in [4.69, 9.17) is 16.7 Å². The first-order valence-corrected chi connectivity index (χ1v) is 7.25. The van der Waals surface area contributed by atoms with E-state index in [0.717, 1.165) is 5.39 Å². The SMILES string of the molecule is O=C(O)CNc1nc(Nc2ccccc2Cl)nc2ccccc12. The van der Waals surface area contributed by atoms with Gasteiger partial charge in [-0.15, -0.1) is 0 Å². The van der Waals surface area contributed by atoms with Gasteiger partial charge in [0.25, 0.3) is 0 Å². The maximum Gasteiger partial charge on any atom is 0.322 e. The third kappa shape index (κ3) is 3.49. The number of aliphatic carboxylic acids is 1. The normalized spacial score (nSPS) is 10.5. The second-order valence-corrected chi connectivity index (χ2v) is 5.17. The fourth-order valence-corrected chi connectivity index (χ4v) is 2.29. The monoisotopic (exact) mass is 328 g/mol. The molecule has 7 heteroatoms. The molecule has 2 aromatic carbocycles. The Morgan fingerprint density at radius 1 is 1.09 bits per heavy atom. The molecule has 1 heterocycles. The summed E-state index contributed by atoms with van der Waals surface area (Å²) in [6.45, 7) is -0.230. The van der Waals surface area contributed by atoms with Crippen LogP contribution in [-0.4, -0.2) is 27.6 Å². The van der Waals surface area contributed by atoms with Crippen molar-refractivity contribution in [3.63, 3.8) is 0 Å². The fourth-order valence-electron chi connectivity index (χ4n) is 2.11. The van der Waals surface area contributed by atoms with Gasteiger partial charge in [0.05, 0.1) is 16.2 Å². The van der Waals surface area contributed by atoms with Crippen LogP contribution in [0.2, 0.25) is 5.02 Å². The molecule has 0 atom stereocenters. The molecule has 1 aromatic heterocycles. The van der Waals surface area contributed by atoms with E-state index in [0.29, 0.717) is 28.0 Å². The van der Waals surface area contributed by atoms with E-state index in [1.165, 1.54) is 0 Å². The Hall–Kier alpha value is -2.86. The second kappa shape index (κ2) is 6.50. The Balaban J connectivity index is 2.00. The van der Waals surface area contributed by atoms with Gasteiger partial charge < -0.3 is 15.7 Å². The third-order valence-corrected chi connectivity index (χ3v) is 3.46. The van der Waals surface area contributed by atoms with Gasteiger partial charge in [-0.1, -0.05) is 35.9 Å². The zero-order valence-electron chi connectivity index (χ0n) is 12.0. The van der Waals surface area contributed by atoms with Crippen LogP contribution in [0.3, 0.4) is 0 Å². The molecule has 3 N–H and O–H groups in total. The molecule has 6 nitrogen and oxygen atoms in total. The van der Waals surface area contributed by atoms with Gasteiger partial charge in [0, 0.05) is 5.39 Å². The molecular weight excluding hydrogens is 316 g/mol. The lowest BCUT2D eigenvalue weighted by Crippen LogP contribution is -2.14. The van der Waals surface area contributed by atoms with Gasteiger partial charge in [-0.3, -0.25) is 4.79 Å². The van der Waals surface area contributed by atoms with Crippen molar-refractivity contribution in [2.75, 3.05) is 17.2 Å². The number of nitrogens with one attached hydrogen (secondary N) is 2. The summed E-state index contributed by atoms with van der Waals surface area (Å²) in [4.78, 5) is 19.6. The van der Waals surface area contributed by atoms with Crippen LogP contribution in [0.4, 0.5) is 17.5 Å². The molecule has 0 fully saturated rings. The summed E-state index contributed by atoms with van der Waals surface area (Å²) in [6, 6.07) is 14.6. The highest BCUT2D eigenvalue weighted by Crippen LogP contribution is 2.26. The van der Waals surface area contributed by atoms with Crippen molar-refractivity contribution in [3.05, 3.63) is 53.6 Å². The Kier molecular flexibility index (Phi) is 4.25. The highest BCUT2D eigenvalue weighted by Gasteiger charge is 2.09. The molecule has 23 heavy (non-hydrogen) atoms. The molecule has 0 aliphatic carbocycles. The minimum absolute atomic E-state index is 0.230. The van der Waals surface area contributed by atoms with Crippen molar-refractivity contribution in [1.29, 1.82) is 0 Å². The van der Waals surface area contributed by atoms with Crippen molar-refractivity contribution in [3.8, 4) is 0 Å². The van der Waals surface area contributed by atoms with Gasteiger partial charge in [0.2, 0.25) is 5.95 Å². The number of halogens is 1. The number of carbonyl (C=O) groups is 1. The topological polar surface area (TPSA) is 87.1 Å². The molecule has 3 aromatic rings. The highest BCUT2D eigenvalue weighted by molar-refractivity contribution is 6.33. The minimum atomic E-state index is -0.965. The van der Waals surface area contributed by atoms with Gasteiger partial charge in [-0.05, 0) is 24.3 Å². The minimum Gasteiger partial charge on any atom is -0.480 e. The van der Waals surface area contributed by atoms with E-state index in [2.05, 4.69) is 20.6 Å². The summed E-state index contributed by atoms with van der Waals surface area (Å²) in [5, 5.41) is 16.0. The van der Waals surface area contributed by atoms with E-state index in [-0.39, 0.29) is 6.54 Å². The average Bonchev–Trinajstić information content (AvgIpc) is 2.54. The lowest BCUT2D eigenvalue weighted by molar-refractivity contribution is -0.134. The van der Waals surface area contributed by atoms with Crippen LogP contribution in [0.1, 0.15) is 0 Å². The van der Waals surface area contributed by atoms with E-state index in [9.17, 15) is 4.79 Å². The van der Waals surface area contributed by atoms with Crippen molar-refractivity contribution in [1.82, 2.24) is 9.97 Å². The van der Waals surface area contributed by atoms with Crippen molar-refractivity contribution < 1.29 is 9.90 Å². The molecule has 0 bridgehead atoms. The number of anilines is 3. The van der Waals surface area contributed by atoms with Gasteiger partial charge >= 0.3 is 5.97 Å². The maximum atomic E-state index is 10.8. The molecule has 0 aliphatic heterocycles. The van der Waals surface area contributed by atoms with Gasteiger partial charge in [0.1, 0.15) is 12.4 Å². The second-order valence-electron chi connectivity index (χ2n) is 4.77. The Morgan fingerprint density at radius 3 is 2.61 bits per heavy atom. The number of rotatable bonds is 5. The number of para-hydroxylation sites is 2. The molecule has 0 spiro atoms. The summed E-state index contributed by atoms with van der Waals surface area (Å²) >= 11 is 6.12. The first-order valence-electron chi connectivity index (χ1n) is 6.87. The lowest BCUT2D eigenvalue weighted by Gasteiger charge is -2.11. The molecule has 0 saturated heterocycles. The molecular formula is C16H13ClN4O2. The van der Waals surface area contributed by atoms with Crippen molar-refractivity contribution in [2.24, 2.45) is 0 Å². The number of hydrogen-bond donors (Lipinski definition) is 3. The third-order valence-electron chi connectivity index (χ3n) is 3.13. The van der Waals surface area contributed by atoms with Crippen molar-refractivity contribution in [2.45, 2.75) is 0 Å². The Morgan fingerprint density at radius 2 is 1.83 bits per heavy atom. The van der Waals surface area contributed by atoms with Gasteiger partial charge in [-0.25, -0.2) is 4.98 Å². The maximum absolute atomic E-state index is 10.8. The number of carboxylic acid groups (broad SMARTS) is 1. The predicted octanol–water partition coefficient (Wildman–Crippen LogP) is 3.52. The number of fused-ring (bicyclic) bond motifs is 1. The van der Waals surface area contributed by atoms with Crippen LogP contribution < -0.4 is 10.6 Å². The Labute approximate surface area is 137 Å². The van der Waals surface area contributed by atoms with Gasteiger partial charge in [-0.2, -0.15) is 4.98 Å². The van der Waals surface area contributed by atoms with Crippen molar-refractivity contribution >= 4 is 45.9 Å². The summed E-state index contributed by atoms with van der Waals surface area (Å²) < 4.78 is 0. The smallest absolute Gasteiger partial charge is 0.322 e. The largest absolute Gasteiger partial charge is 0.480 e. The van der Waals surface area contributed by atoms with Crippen LogP contribution in [0.15, 0.2) is 48.5 Å². The van der Waals surface area contributed by atoms with Crippen LogP contribution in [0.25, 0.3) is 10.9 Å². The molecule has 3 rings (SSSR count). The molecule has 0 radical (unpaired) electrons. The quantitative estimate of drug-likeness (QED) is 0.664. The number of nitrogens with zero attached hydrogens (tertiary/aromatic N) is 2. The highest BCUT2D eigenvalue weighted by atomic mass is 35.5. The predicted molar refractivity (Wildman–Crippen MR) is 90.4 cm³/mol. The standard InChI is InChI=1S/C16H13ClN4O2/c17-11-6-2-4-8-13(11)20-16-19-12-7-3-1-5-10(12)15(21-16)18-9-14(22)23/h1-8H,9H2,(H,22,23)(H2,18,19,20,21). The van der Waals surface area contributed by atoms with E-state index >= 15 is 0 Å². The van der Waals surface area contributed by atoms with E-state index < -0.39 is 5.97 Å². The molecule has 0 amide bonds. The molecule has 0 unspecified atom stereocenters. The zero-order chi connectivity index (χ0) is 16.2. The number of benzene rings is 2. The lowest BCUT2D eigenvalue weighted by atomic mass is 10.2. The van der Waals surface area contributed by atoms with Crippen LogP contribution in [-0.2, 0) is 4.79 Å². The van der Waals surface area contributed by atoms with Crippen LogP contribution >= 0.6 is 11.6 Å². The van der Waals surface area contributed by atoms with Crippen LogP contribution in [0, 0.1) is 0 Å². The van der Waals surface area contributed by atoms with Gasteiger partial charge in [0.15, 0.2) is 0 Å². The average molecular weight is 329 g/mol. The fraction of sp³-hybridized carbons (Fsp3) is 0.0625. The Bertz CT molecular complexity index is 870. The molecule has 116 valence electrons.